The minimum Gasteiger partial charge on any atom is -0.483 e. The van der Waals surface area contributed by atoms with Crippen molar-refractivity contribution in [2.45, 2.75) is 32.3 Å². The van der Waals surface area contributed by atoms with Crippen molar-refractivity contribution in [1.29, 1.82) is 0 Å². The molecule has 1 aliphatic rings. The molecule has 1 saturated heterocycles. The Labute approximate surface area is 183 Å². The normalized spacial score (nSPS) is 19.8. The van der Waals surface area contributed by atoms with Gasteiger partial charge in [-0.15, -0.1) is 0 Å². The van der Waals surface area contributed by atoms with E-state index in [1.54, 1.807) is 18.5 Å². The van der Waals surface area contributed by atoms with Crippen LogP contribution in [0.2, 0.25) is 0 Å². The number of allylic oxidation sites excluding steroid dienone is 1. The van der Waals surface area contributed by atoms with E-state index in [0.29, 0.717) is 18.1 Å². The average Bonchev–Trinajstić information content (AvgIpc) is 3.19. The largest absolute Gasteiger partial charge is 0.483 e. The summed E-state index contributed by atoms with van der Waals surface area (Å²) in [6.45, 7) is 5.43. The van der Waals surface area contributed by atoms with Crippen molar-refractivity contribution in [3.05, 3.63) is 59.2 Å². The van der Waals surface area contributed by atoms with Gasteiger partial charge in [-0.2, -0.15) is 0 Å². The second kappa shape index (κ2) is 9.66. The van der Waals surface area contributed by atoms with E-state index in [0.717, 1.165) is 53.1 Å². The van der Waals surface area contributed by atoms with Gasteiger partial charge in [0.1, 0.15) is 0 Å². The first-order valence-corrected chi connectivity index (χ1v) is 10.3. The van der Waals surface area contributed by atoms with E-state index in [-0.39, 0.29) is 5.60 Å². The number of methoxy groups -OCH3 is 1. The minimum absolute atomic E-state index is 0.202. The smallest absolute Gasteiger partial charge is 0.184 e. The lowest BCUT2D eigenvalue weighted by Gasteiger charge is -2.20. The lowest BCUT2D eigenvalue weighted by molar-refractivity contribution is 0.0286. The molecule has 1 atom stereocenters. The molecule has 0 radical (unpaired) electrons. The van der Waals surface area contributed by atoms with Gasteiger partial charge in [-0.3, -0.25) is 9.98 Å². The lowest BCUT2D eigenvalue weighted by Crippen LogP contribution is -2.26. The van der Waals surface area contributed by atoms with Gasteiger partial charge in [0, 0.05) is 58.7 Å². The Balaban J connectivity index is 1.94. The van der Waals surface area contributed by atoms with Gasteiger partial charge in [-0.1, -0.05) is 18.2 Å². The molecule has 0 amide bonds. The number of anilines is 1. The Morgan fingerprint density at radius 3 is 2.77 bits per heavy atom. The lowest BCUT2D eigenvalue weighted by atomic mass is 9.98. The first-order chi connectivity index (χ1) is 14.8. The molecule has 1 aromatic heterocycles. The van der Waals surface area contributed by atoms with Crippen LogP contribution >= 0.6 is 0 Å². The topological polar surface area (TPSA) is 122 Å². The Bertz CT molecular complexity index is 1020. The third kappa shape index (κ3) is 5.44. The van der Waals surface area contributed by atoms with E-state index in [1.165, 1.54) is 7.11 Å². The molecule has 1 aliphatic heterocycles. The van der Waals surface area contributed by atoms with Gasteiger partial charge >= 0.3 is 0 Å². The average molecular weight is 422 g/mol. The van der Waals surface area contributed by atoms with E-state index < -0.39 is 0 Å². The quantitative estimate of drug-likeness (QED) is 0.357. The van der Waals surface area contributed by atoms with Crippen molar-refractivity contribution in [2.75, 3.05) is 26.0 Å². The van der Waals surface area contributed by atoms with E-state index >= 15 is 0 Å². The first kappa shape index (κ1) is 22.4. The van der Waals surface area contributed by atoms with Gasteiger partial charge in [-0.25, -0.2) is 0 Å². The van der Waals surface area contributed by atoms with Crippen LogP contribution in [0.4, 0.5) is 5.69 Å². The number of aliphatic imine (C=N–C) groups is 1. The van der Waals surface area contributed by atoms with Crippen molar-refractivity contribution in [2.24, 2.45) is 16.5 Å². The van der Waals surface area contributed by atoms with Crippen LogP contribution in [0.3, 0.4) is 0 Å². The number of aromatic nitrogens is 1. The molecule has 31 heavy (non-hydrogen) atoms. The van der Waals surface area contributed by atoms with Crippen molar-refractivity contribution < 1.29 is 9.47 Å². The number of rotatable bonds is 7. The number of nitrogen functional groups attached to an aromatic ring is 1. The van der Waals surface area contributed by atoms with Gasteiger partial charge in [0.2, 0.25) is 0 Å². The number of benzene rings is 1. The number of hydrogen-bond acceptors (Lipinski definition) is 7. The highest BCUT2D eigenvalue weighted by Gasteiger charge is 2.29. The van der Waals surface area contributed by atoms with Crippen LogP contribution in [0.1, 0.15) is 36.6 Å². The molecule has 6 N–H and O–H groups in total. The maximum atomic E-state index is 6.26. The predicted molar refractivity (Wildman–Crippen MR) is 127 cm³/mol. The van der Waals surface area contributed by atoms with Crippen molar-refractivity contribution in [3.8, 4) is 11.3 Å². The molecule has 1 unspecified atom stereocenters. The summed E-state index contributed by atoms with van der Waals surface area (Å²) in [5, 5.41) is 0. The number of pyridine rings is 1. The van der Waals surface area contributed by atoms with E-state index in [4.69, 9.17) is 31.7 Å². The zero-order valence-corrected chi connectivity index (χ0v) is 18.4. The van der Waals surface area contributed by atoms with Crippen LogP contribution in [0.15, 0.2) is 47.4 Å². The standard InChI is InChI=1S/C24H31N5O2/c1-16-5-8-20(19(13-25)14-28-15-24(2)9-4-10-31-24)23(29-16)18-7-6-17(21(26)11-18)12-22(27)30-3/h5-8,11-14H,4,9-10,15,25-27H2,1-3H3/b19-13+,22-12+,28-14?. The maximum absolute atomic E-state index is 6.26. The maximum Gasteiger partial charge on any atom is 0.184 e. The molecule has 2 heterocycles. The fourth-order valence-corrected chi connectivity index (χ4v) is 3.58. The Morgan fingerprint density at radius 1 is 1.32 bits per heavy atom. The molecule has 1 aromatic carbocycles. The van der Waals surface area contributed by atoms with E-state index in [2.05, 4.69) is 11.9 Å². The minimum atomic E-state index is -0.202. The summed E-state index contributed by atoms with van der Waals surface area (Å²) >= 11 is 0. The molecule has 0 spiro atoms. The van der Waals surface area contributed by atoms with E-state index in [9.17, 15) is 0 Å². The van der Waals surface area contributed by atoms with Crippen LogP contribution in [0.25, 0.3) is 22.9 Å². The number of aryl methyl sites for hydroxylation is 1. The van der Waals surface area contributed by atoms with Crippen molar-refractivity contribution >= 4 is 23.6 Å². The highest BCUT2D eigenvalue weighted by Crippen LogP contribution is 2.30. The summed E-state index contributed by atoms with van der Waals surface area (Å²) in [5.41, 5.74) is 23.4. The van der Waals surface area contributed by atoms with E-state index in [1.807, 2.05) is 37.3 Å². The van der Waals surface area contributed by atoms with Crippen LogP contribution in [-0.4, -0.2) is 37.1 Å². The summed E-state index contributed by atoms with van der Waals surface area (Å²) in [6, 6.07) is 9.68. The molecule has 3 rings (SSSR count). The first-order valence-electron chi connectivity index (χ1n) is 10.3. The van der Waals surface area contributed by atoms with Gasteiger partial charge < -0.3 is 26.7 Å². The summed E-state index contributed by atoms with van der Waals surface area (Å²) in [4.78, 5) is 9.37. The highest BCUT2D eigenvalue weighted by molar-refractivity contribution is 6.11. The summed E-state index contributed by atoms with van der Waals surface area (Å²) in [6.07, 6.45) is 7.12. The third-order valence-electron chi connectivity index (χ3n) is 5.38. The fourth-order valence-electron chi connectivity index (χ4n) is 3.58. The molecule has 7 heteroatoms. The molecule has 7 nitrogen and oxygen atoms in total. The molecular formula is C24H31N5O2. The number of nitrogens with zero attached hydrogens (tertiary/aromatic N) is 2. The molecule has 0 saturated carbocycles. The molecular weight excluding hydrogens is 390 g/mol. The molecule has 1 fully saturated rings. The monoisotopic (exact) mass is 421 g/mol. The third-order valence-corrected chi connectivity index (χ3v) is 5.38. The van der Waals surface area contributed by atoms with Crippen molar-refractivity contribution in [1.82, 2.24) is 4.98 Å². The summed E-state index contributed by atoms with van der Waals surface area (Å²) in [7, 11) is 1.51. The SMILES string of the molecule is CO/C(N)=C/c1ccc(-c2nc(C)ccc2/C(C=NCC2(C)CCCO2)=C/N)cc1N. The Hall–Kier alpha value is -3.32. The molecule has 0 aliphatic carbocycles. The van der Waals surface area contributed by atoms with Crippen molar-refractivity contribution in [3.63, 3.8) is 0 Å². The number of nitrogens with two attached hydrogens (primary N) is 3. The van der Waals surface area contributed by atoms with Crippen LogP contribution in [-0.2, 0) is 9.47 Å². The summed E-state index contributed by atoms with van der Waals surface area (Å²) < 4.78 is 10.8. The molecule has 0 bridgehead atoms. The second-order valence-electron chi connectivity index (χ2n) is 7.94. The van der Waals surface area contributed by atoms with Gasteiger partial charge in [0.05, 0.1) is 24.9 Å². The van der Waals surface area contributed by atoms with Crippen LogP contribution in [0.5, 0.6) is 0 Å². The van der Waals surface area contributed by atoms with Gasteiger partial charge in [0.15, 0.2) is 5.88 Å². The molecule has 2 aromatic rings. The predicted octanol–water partition coefficient (Wildman–Crippen LogP) is 3.48. The molecule has 164 valence electrons. The highest BCUT2D eigenvalue weighted by atomic mass is 16.5. The number of hydrogen-bond donors (Lipinski definition) is 3. The fraction of sp³-hybridized carbons (Fsp3) is 0.333. The Kier molecular flexibility index (Phi) is 6.97. The Morgan fingerprint density at radius 2 is 2.13 bits per heavy atom. The zero-order valence-electron chi connectivity index (χ0n) is 18.4. The van der Waals surface area contributed by atoms with Gasteiger partial charge in [-0.05, 0) is 38.8 Å². The second-order valence-corrected chi connectivity index (χ2v) is 7.94. The van der Waals surface area contributed by atoms with Crippen LogP contribution in [0, 0.1) is 6.92 Å². The zero-order chi connectivity index (χ0) is 22.4. The van der Waals surface area contributed by atoms with Gasteiger partial charge in [0.25, 0.3) is 0 Å². The van der Waals surface area contributed by atoms with Crippen LogP contribution < -0.4 is 17.2 Å². The summed E-state index contributed by atoms with van der Waals surface area (Å²) in [5.74, 6) is 0.290. The number of ether oxygens (including phenoxy) is 2.